The van der Waals surface area contributed by atoms with Gasteiger partial charge in [-0.1, -0.05) is 13.3 Å². The van der Waals surface area contributed by atoms with Crippen molar-refractivity contribution in [2.45, 2.75) is 32.0 Å². The second-order valence-electron chi connectivity index (χ2n) is 4.05. The second-order valence-corrected chi connectivity index (χ2v) is 4.05. The third-order valence-corrected chi connectivity index (χ3v) is 2.52. The molecule has 1 atom stereocenters. The highest BCUT2D eigenvalue weighted by molar-refractivity contribution is 5.72. The highest BCUT2D eigenvalue weighted by Gasteiger charge is 2.34. The molecule has 0 saturated heterocycles. The predicted octanol–water partition coefficient (Wildman–Crippen LogP) is 3.21. The van der Waals surface area contributed by atoms with Crippen molar-refractivity contribution in [1.82, 2.24) is 0 Å². The van der Waals surface area contributed by atoms with E-state index in [1.165, 1.54) is 6.07 Å². The molecule has 1 aromatic rings. The van der Waals surface area contributed by atoms with E-state index in [2.05, 4.69) is 0 Å². The zero-order valence-electron chi connectivity index (χ0n) is 10.6. The molecule has 20 heavy (non-hydrogen) atoms. The van der Waals surface area contributed by atoms with Gasteiger partial charge in [0, 0.05) is 0 Å². The van der Waals surface area contributed by atoms with E-state index in [9.17, 15) is 18.0 Å². The van der Waals surface area contributed by atoms with Crippen LogP contribution >= 0.6 is 0 Å². The molecule has 0 unspecified atom stereocenters. The Morgan fingerprint density at radius 2 is 2.15 bits per heavy atom. The number of benzene rings is 1. The van der Waals surface area contributed by atoms with E-state index in [0.717, 1.165) is 12.1 Å². The van der Waals surface area contributed by atoms with Gasteiger partial charge in [-0.05, 0) is 24.6 Å². The number of nitriles is 1. The van der Waals surface area contributed by atoms with E-state index in [1.54, 1.807) is 6.92 Å². The maximum absolute atomic E-state index is 12.7. The average Bonchev–Trinajstić information content (AvgIpc) is 2.37. The first kappa shape index (κ1) is 15.8. The van der Waals surface area contributed by atoms with Crippen LogP contribution in [0.3, 0.4) is 0 Å². The van der Waals surface area contributed by atoms with Crippen molar-refractivity contribution in [2.24, 2.45) is 0 Å². The van der Waals surface area contributed by atoms with Gasteiger partial charge in [0.05, 0.1) is 17.2 Å². The number of carboxylic acids is 1. The molecule has 0 bridgehead atoms. The molecule has 0 radical (unpaired) electrons. The van der Waals surface area contributed by atoms with Gasteiger partial charge in [0.1, 0.15) is 5.75 Å². The molecule has 0 saturated carbocycles. The third-order valence-electron chi connectivity index (χ3n) is 2.52. The van der Waals surface area contributed by atoms with E-state index < -0.39 is 29.4 Å². The molecule has 7 heteroatoms. The number of hydrogen-bond donors (Lipinski definition) is 1. The van der Waals surface area contributed by atoms with Crippen LogP contribution in [-0.4, -0.2) is 17.2 Å². The zero-order chi connectivity index (χ0) is 15.3. The van der Waals surface area contributed by atoms with Gasteiger partial charge in [-0.2, -0.15) is 18.4 Å². The first-order valence-corrected chi connectivity index (χ1v) is 5.80. The molecule has 0 heterocycles. The van der Waals surface area contributed by atoms with Crippen LogP contribution in [0.2, 0.25) is 0 Å². The van der Waals surface area contributed by atoms with Crippen LogP contribution in [0.25, 0.3) is 0 Å². The lowest BCUT2D eigenvalue weighted by atomic mass is 10.1. The first-order valence-electron chi connectivity index (χ1n) is 5.80. The van der Waals surface area contributed by atoms with Crippen molar-refractivity contribution < 1.29 is 27.8 Å². The largest absolute Gasteiger partial charge is 0.479 e. The van der Waals surface area contributed by atoms with E-state index in [0.29, 0.717) is 12.5 Å². The summed E-state index contributed by atoms with van der Waals surface area (Å²) in [4.78, 5) is 10.9. The summed E-state index contributed by atoms with van der Waals surface area (Å²) in [5.41, 5.74) is -1.68. The number of ether oxygens (including phenoxy) is 1. The number of nitrogens with zero attached hydrogens (tertiary/aromatic N) is 1. The summed E-state index contributed by atoms with van der Waals surface area (Å²) in [6.45, 7) is 1.74. The molecule has 1 aromatic carbocycles. The Hall–Kier alpha value is -2.23. The lowest BCUT2D eigenvalue weighted by Crippen LogP contribution is -2.26. The van der Waals surface area contributed by atoms with Gasteiger partial charge in [0.15, 0.2) is 6.10 Å². The SMILES string of the molecule is CCC[C@@H](Oc1ccc(C#N)c(C(F)(F)F)c1)C(=O)O. The van der Waals surface area contributed by atoms with E-state index in [4.69, 9.17) is 15.1 Å². The number of halogens is 3. The van der Waals surface area contributed by atoms with E-state index in [1.807, 2.05) is 0 Å². The minimum atomic E-state index is -4.70. The van der Waals surface area contributed by atoms with Gasteiger partial charge in [0.2, 0.25) is 0 Å². The van der Waals surface area contributed by atoms with Crippen LogP contribution in [0.4, 0.5) is 13.2 Å². The Morgan fingerprint density at radius 3 is 2.60 bits per heavy atom. The fourth-order valence-electron chi connectivity index (χ4n) is 1.59. The molecule has 0 fully saturated rings. The zero-order valence-corrected chi connectivity index (χ0v) is 10.6. The van der Waals surface area contributed by atoms with Gasteiger partial charge in [-0.3, -0.25) is 0 Å². The van der Waals surface area contributed by atoms with Crippen molar-refractivity contribution in [1.29, 1.82) is 5.26 Å². The van der Waals surface area contributed by atoms with E-state index in [-0.39, 0.29) is 12.2 Å². The Balaban J connectivity index is 3.09. The summed E-state index contributed by atoms with van der Waals surface area (Å²) in [5.74, 6) is -1.47. The molecular weight excluding hydrogens is 275 g/mol. The van der Waals surface area contributed by atoms with Crippen molar-refractivity contribution in [3.63, 3.8) is 0 Å². The number of carbonyl (C=O) groups is 1. The minimum Gasteiger partial charge on any atom is -0.479 e. The standard InChI is InChI=1S/C13H12F3NO3/c1-2-3-11(12(18)19)20-9-5-4-8(7-17)10(6-9)13(14,15)16/h4-6,11H,2-3H2,1H3,(H,18,19)/t11-/m1/s1. The molecule has 1 N–H and O–H groups in total. The fraction of sp³-hybridized carbons (Fsp3) is 0.385. The number of hydrogen-bond acceptors (Lipinski definition) is 3. The van der Waals surface area contributed by atoms with Crippen LogP contribution in [0.1, 0.15) is 30.9 Å². The van der Waals surface area contributed by atoms with Crippen LogP contribution < -0.4 is 4.74 Å². The second kappa shape index (κ2) is 6.28. The number of carboxylic acid groups (broad SMARTS) is 1. The Bertz CT molecular complexity index is 535. The maximum Gasteiger partial charge on any atom is 0.417 e. The van der Waals surface area contributed by atoms with Crippen LogP contribution in [-0.2, 0) is 11.0 Å². The first-order chi connectivity index (χ1) is 9.29. The molecule has 0 aromatic heterocycles. The highest BCUT2D eigenvalue weighted by Crippen LogP contribution is 2.34. The van der Waals surface area contributed by atoms with Gasteiger partial charge in [0.25, 0.3) is 0 Å². The molecule has 0 spiro atoms. The molecule has 0 aliphatic carbocycles. The lowest BCUT2D eigenvalue weighted by Gasteiger charge is -2.16. The molecule has 1 rings (SSSR count). The van der Waals surface area contributed by atoms with Gasteiger partial charge in [-0.15, -0.1) is 0 Å². The normalized spacial score (nSPS) is 12.6. The Morgan fingerprint density at radius 1 is 1.50 bits per heavy atom. The monoisotopic (exact) mass is 287 g/mol. The molecule has 0 amide bonds. The van der Waals surface area contributed by atoms with Crippen LogP contribution in [0.5, 0.6) is 5.75 Å². The van der Waals surface area contributed by atoms with Crippen LogP contribution in [0, 0.1) is 11.3 Å². The maximum atomic E-state index is 12.7. The fourth-order valence-corrected chi connectivity index (χ4v) is 1.59. The van der Waals surface area contributed by atoms with E-state index >= 15 is 0 Å². The molecule has 4 nitrogen and oxygen atoms in total. The lowest BCUT2D eigenvalue weighted by molar-refractivity contribution is -0.145. The number of rotatable bonds is 5. The van der Waals surface area contributed by atoms with Crippen molar-refractivity contribution >= 4 is 5.97 Å². The molecular formula is C13H12F3NO3. The molecule has 0 aliphatic rings. The minimum absolute atomic E-state index is 0.177. The number of aliphatic carboxylic acids is 1. The summed E-state index contributed by atoms with van der Waals surface area (Å²) < 4.78 is 43.3. The molecule has 0 aliphatic heterocycles. The summed E-state index contributed by atoms with van der Waals surface area (Å²) in [6, 6.07) is 4.20. The predicted molar refractivity (Wildman–Crippen MR) is 63.1 cm³/mol. The van der Waals surface area contributed by atoms with Gasteiger partial charge >= 0.3 is 12.1 Å². The summed E-state index contributed by atoms with van der Waals surface area (Å²) in [6.07, 6.45) is -5.22. The Kier molecular flexibility index (Phi) is 4.97. The topological polar surface area (TPSA) is 70.3 Å². The van der Waals surface area contributed by atoms with Gasteiger partial charge < -0.3 is 9.84 Å². The van der Waals surface area contributed by atoms with Crippen molar-refractivity contribution in [2.75, 3.05) is 0 Å². The third kappa shape index (κ3) is 3.88. The Labute approximate surface area is 113 Å². The summed E-state index contributed by atoms with van der Waals surface area (Å²) in [7, 11) is 0. The van der Waals surface area contributed by atoms with Crippen LogP contribution in [0.15, 0.2) is 18.2 Å². The summed E-state index contributed by atoms with van der Waals surface area (Å²) >= 11 is 0. The van der Waals surface area contributed by atoms with Crippen molar-refractivity contribution in [3.05, 3.63) is 29.3 Å². The number of alkyl halides is 3. The molecule has 108 valence electrons. The smallest absolute Gasteiger partial charge is 0.417 e. The average molecular weight is 287 g/mol. The summed E-state index contributed by atoms with van der Waals surface area (Å²) in [5, 5.41) is 17.5. The van der Waals surface area contributed by atoms with Gasteiger partial charge in [-0.25, -0.2) is 4.79 Å². The quantitative estimate of drug-likeness (QED) is 0.902. The van der Waals surface area contributed by atoms with Crippen molar-refractivity contribution in [3.8, 4) is 11.8 Å². The highest BCUT2D eigenvalue weighted by atomic mass is 19.4.